The Hall–Kier alpha value is -2.45. The average molecular weight is 332 g/mol. The van der Waals surface area contributed by atoms with Gasteiger partial charge in [0, 0.05) is 25.5 Å². The Kier molecular flexibility index (Phi) is 4.67. The van der Waals surface area contributed by atoms with E-state index in [1.165, 1.54) is 12.1 Å². The van der Waals surface area contributed by atoms with E-state index in [0.717, 1.165) is 11.0 Å². The highest BCUT2D eigenvalue weighted by Gasteiger charge is 2.42. The van der Waals surface area contributed by atoms with Crippen molar-refractivity contribution in [2.45, 2.75) is 24.8 Å². The zero-order valence-electron chi connectivity index (χ0n) is 11.9. The third-order valence-electron chi connectivity index (χ3n) is 3.54. The number of benzene rings is 1. The Morgan fingerprint density at radius 1 is 1.39 bits per heavy atom. The Morgan fingerprint density at radius 2 is 2.09 bits per heavy atom. The molecule has 1 aromatic rings. The molecule has 1 aliphatic heterocycles. The molecule has 0 radical (unpaired) electrons. The van der Waals surface area contributed by atoms with Crippen molar-refractivity contribution in [2.24, 2.45) is 0 Å². The van der Waals surface area contributed by atoms with Gasteiger partial charge in [-0.2, -0.15) is 0 Å². The monoisotopic (exact) mass is 332 g/mol. The molecule has 23 heavy (non-hydrogen) atoms. The van der Waals surface area contributed by atoms with Gasteiger partial charge >= 0.3 is 6.09 Å². The molecule has 0 aromatic heterocycles. The predicted octanol–water partition coefficient (Wildman–Crippen LogP) is 1.58. The second-order valence-electron chi connectivity index (χ2n) is 5.35. The van der Waals surface area contributed by atoms with Gasteiger partial charge in [0.25, 0.3) is 5.92 Å². The quantitative estimate of drug-likeness (QED) is 0.781. The van der Waals surface area contributed by atoms with Gasteiger partial charge in [0.05, 0.1) is 6.54 Å². The lowest BCUT2D eigenvalue weighted by Gasteiger charge is -2.23. The normalized spacial score (nSPS) is 17.8. The van der Waals surface area contributed by atoms with Gasteiger partial charge in [-0.3, -0.25) is 4.79 Å². The Labute approximate surface area is 129 Å². The number of hydrogen-bond donors (Lipinski definition) is 3. The molecule has 6 nitrogen and oxygen atoms in total. The molecule has 1 saturated heterocycles. The van der Waals surface area contributed by atoms with Crippen LogP contribution in [0.4, 0.5) is 18.0 Å². The average Bonchev–Trinajstić information content (AvgIpc) is 2.80. The number of phenolic OH excluding ortho intramolecular Hbond substituents is 1. The molecule has 3 N–H and O–H groups in total. The summed E-state index contributed by atoms with van der Waals surface area (Å²) in [6, 6.07) is 1.82. The number of amides is 2. The van der Waals surface area contributed by atoms with Gasteiger partial charge in [0.2, 0.25) is 5.91 Å². The molecule has 0 unspecified atom stereocenters. The number of rotatable bonds is 4. The van der Waals surface area contributed by atoms with Crippen LogP contribution in [0.3, 0.4) is 0 Å². The minimum Gasteiger partial charge on any atom is -0.508 e. The van der Waals surface area contributed by atoms with Crippen LogP contribution in [0.5, 0.6) is 5.75 Å². The van der Waals surface area contributed by atoms with Crippen LogP contribution < -0.4 is 5.32 Å². The molecule has 0 saturated carbocycles. The molecule has 0 spiro atoms. The zero-order chi connectivity index (χ0) is 17.2. The lowest BCUT2D eigenvalue weighted by Crippen LogP contribution is -2.49. The molecule has 2 rings (SSSR count). The number of carbonyl (C=O) groups excluding carboxylic acids is 1. The first kappa shape index (κ1) is 16.9. The number of likely N-dealkylation sites (tertiary alicyclic amines) is 1. The minimum absolute atomic E-state index is 0.0131. The number of aromatic hydroxyl groups is 1. The Balaban J connectivity index is 2.16. The van der Waals surface area contributed by atoms with E-state index < -0.39 is 42.7 Å². The first-order chi connectivity index (χ1) is 10.7. The highest BCUT2D eigenvalue weighted by Crippen LogP contribution is 2.27. The van der Waals surface area contributed by atoms with Crippen LogP contribution in [0.15, 0.2) is 18.2 Å². The summed E-state index contributed by atoms with van der Waals surface area (Å²) in [5, 5.41) is 19.9. The molecular weight excluding hydrogens is 317 g/mol. The van der Waals surface area contributed by atoms with Crippen molar-refractivity contribution in [1.82, 2.24) is 10.2 Å². The molecule has 1 heterocycles. The van der Waals surface area contributed by atoms with Gasteiger partial charge in [-0.1, -0.05) is 6.07 Å². The number of phenols is 1. The van der Waals surface area contributed by atoms with Crippen LogP contribution in [0.25, 0.3) is 0 Å². The van der Waals surface area contributed by atoms with E-state index in [-0.39, 0.29) is 24.3 Å². The predicted molar refractivity (Wildman–Crippen MR) is 72.9 cm³/mol. The number of carboxylic acid groups (broad SMARTS) is 1. The highest BCUT2D eigenvalue weighted by atomic mass is 19.3. The van der Waals surface area contributed by atoms with E-state index >= 15 is 0 Å². The van der Waals surface area contributed by atoms with Crippen LogP contribution in [-0.4, -0.2) is 52.2 Å². The summed E-state index contributed by atoms with van der Waals surface area (Å²) < 4.78 is 40.1. The van der Waals surface area contributed by atoms with E-state index in [9.17, 15) is 22.8 Å². The van der Waals surface area contributed by atoms with Crippen LogP contribution >= 0.6 is 0 Å². The second kappa shape index (κ2) is 6.35. The molecule has 9 heteroatoms. The molecule has 1 aromatic carbocycles. The van der Waals surface area contributed by atoms with Crippen molar-refractivity contribution in [2.75, 3.05) is 13.1 Å². The number of alkyl halides is 2. The zero-order valence-corrected chi connectivity index (χ0v) is 11.9. The van der Waals surface area contributed by atoms with Gasteiger partial charge < -0.3 is 20.4 Å². The summed E-state index contributed by atoms with van der Waals surface area (Å²) in [6.07, 6.45) is -2.36. The van der Waals surface area contributed by atoms with E-state index in [0.29, 0.717) is 0 Å². The molecular formula is C14H15F3N2O4. The van der Waals surface area contributed by atoms with Crippen molar-refractivity contribution in [3.63, 3.8) is 0 Å². The SMILES string of the molecule is O=C(O)N[C@@H](Cc1ccc(O)cc1F)C(=O)N1CCC(F)(F)C1. The molecule has 2 amide bonds. The van der Waals surface area contributed by atoms with Crippen LogP contribution in [0.2, 0.25) is 0 Å². The summed E-state index contributed by atoms with van der Waals surface area (Å²) in [5.41, 5.74) is -0.0131. The van der Waals surface area contributed by atoms with Gasteiger partial charge in [-0.25, -0.2) is 18.0 Å². The van der Waals surface area contributed by atoms with E-state index in [1.807, 2.05) is 5.32 Å². The Morgan fingerprint density at radius 3 is 2.61 bits per heavy atom. The summed E-state index contributed by atoms with van der Waals surface area (Å²) in [6.45, 7) is -0.983. The maximum atomic E-state index is 13.7. The summed E-state index contributed by atoms with van der Waals surface area (Å²) in [5.74, 6) is -4.98. The van der Waals surface area contributed by atoms with Gasteiger partial charge in [-0.15, -0.1) is 0 Å². The van der Waals surface area contributed by atoms with Crippen LogP contribution in [0.1, 0.15) is 12.0 Å². The second-order valence-corrected chi connectivity index (χ2v) is 5.35. The third-order valence-corrected chi connectivity index (χ3v) is 3.54. The minimum atomic E-state index is -3.01. The standard InChI is InChI=1S/C14H15F3N2O4/c15-10-6-9(20)2-1-8(10)5-11(18-13(22)23)12(21)19-4-3-14(16,17)7-19/h1-2,6,11,18,20H,3-5,7H2,(H,22,23)/t11-/m0/s1. The topological polar surface area (TPSA) is 89.9 Å². The molecule has 126 valence electrons. The van der Waals surface area contributed by atoms with Crippen LogP contribution in [0, 0.1) is 5.82 Å². The van der Waals surface area contributed by atoms with Crippen molar-refractivity contribution in [1.29, 1.82) is 0 Å². The fourth-order valence-electron chi connectivity index (χ4n) is 2.42. The summed E-state index contributed by atoms with van der Waals surface area (Å²) >= 11 is 0. The van der Waals surface area contributed by atoms with Crippen molar-refractivity contribution >= 4 is 12.0 Å². The lowest BCUT2D eigenvalue weighted by molar-refractivity contribution is -0.133. The number of carbonyl (C=O) groups is 2. The molecule has 0 bridgehead atoms. The lowest BCUT2D eigenvalue weighted by atomic mass is 10.0. The summed E-state index contributed by atoms with van der Waals surface area (Å²) in [4.78, 5) is 23.9. The van der Waals surface area contributed by atoms with Gasteiger partial charge in [-0.05, 0) is 11.6 Å². The van der Waals surface area contributed by atoms with E-state index in [1.54, 1.807) is 0 Å². The maximum absolute atomic E-state index is 13.7. The van der Waals surface area contributed by atoms with Crippen molar-refractivity contribution in [3.05, 3.63) is 29.6 Å². The maximum Gasteiger partial charge on any atom is 0.405 e. The molecule has 1 fully saturated rings. The third kappa shape index (κ3) is 4.27. The molecule has 1 atom stereocenters. The molecule has 0 aliphatic carbocycles. The fraction of sp³-hybridized carbons (Fsp3) is 0.429. The van der Waals surface area contributed by atoms with E-state index in [4.69, 9.17) is 10.2 Å². The number of hydrogen-bond acceptors (Lipinski definition) is 3. The Bertz CT molecular complexity index is 624. The highest BCUT2D eigenvalue weighted by molar-refractivity contribution is 5.86. The van der Waals surface area contributed by atoms with Crippen LogP contribution in [-0.2, 0) is 11.2 Å². The van der Waals surface area contributed by atoms with E-state index in [2.05, 4.69) is 0 Å². The first-order valence-corrected chi connectivity index (χ1v) is 6.81. The number of halogens is 3. The van der Waals surface area contributed by atoms with Gasteiger partial charge in [0.15, 0.2) is 0 Å². The van der Waals surface area contributed by atoms with Crippen molar-refractivity contribution in [3.8, 4) is 5.75 Å². The molecule has 1 aliphatic rings. The summed E-state index contributed by atoms with van der Waals surface area (Å²) in [7, 11) is 0. The fourth-order valence-corrected chi connectivity index (χ4v) is 2.42. The smallest absolute Gasteiger partial charge is 0.405 e. The first-order valence-electron chi connectivity index (χ1n) is 6.81. The van der Waals surface area contributed by atoms with Crippen molar-refractivity contribution < 1.29 is 33.0 Å². The largest absolute Gasteiger partial charge is 0.508 e. The number of nitrogens with one attached hydrogen (secondary N) is 1. The van der Waals surface area contributed by atoms with Gasteiger partial charge in [0.1, 0.15) is 17.6 Å². The number of nitrogens with zero attached hydrogens (tertiary/aromatic N) is 1.